The van der Waals surface area contributed by atoms with Crippen molar-refractivity contribution in [3.8, 4) is 0 Å². The number of nitrogens with zero attached hydrogens (tertiary/aromatic N) is 1. The van der Waals surface area contributed by atoms with Gasteiger partial charge >= 0.3 is 5.97 Å². The summed E-state index contributed by atoms with van der Waals surface area (Å²) in [6, 6.07) is -0.218. The van der Waals surface area contributed by atoms with Crippen LogP contribution in [0.4, 0.5) is 0 Å². The van der Waals surface area contributed by atoms with Crippen LogP contribution in [0.2, 0.25) is 0 Å². The number of carbonyl (C=O) groups excluding carboxylic acids is 1. The Morgan fingerprint density at radius 2 is 1.94 bits per heavy atom. The van der Waals surface area contributed by atoms with Crippen molar-refractivity contribution < 1.29 is 19.7 Å². The maximum absolute atomic E-state index is 11.8. The third-order valence-electron chi connectivity index (χ3n) is 4.18. The van der Waals surface area contributed by atoms with Crippen molar-refractivity contribution in [2.24, 2.45) is 0 Å². The van der Waals surface area contributed by atoms with Crippen molar-refractivity contribution in [1.82, 2.24) is 4.90 Å². The number of carbonyl (C=O) groups is 1. The van der Waals surface area contributed by atoms with Gasteiger partial charge in [0.1, 0.15) is 12.2 Å². The highest BCUT2D eigenvalue weighted by atomic mass is 16.6. The highest BCUT2D eigenvalue weighted by Crippen LogP contribution is 2.36. The van der Waals surface area contributed by atoms with Gasteiger partial charge in [-0.2, -0.15) is 0 Å². The van der Waals surface area contributed by atoms with E-state index in [9.17, 15) is 15.0 Å². The molecular weight excluding hydrogens is 234 g/mol. The highest BCUT2D eigenvalue weighted by molar-refractivity contribution is 5.87. The lowest BCUT2D eigenvalue weighted by molar-refractivity contribution is -0.149. The molecule has 0 aromatic rings. The molecular formula is C13H21NO4. The number of ether oxygens (including phenoxy) is 1. The van der Waals surface area contributed by atoms with Crippen molar-refractivity contribution in [3.63, 3.8) is 0 Å². The molecule has 0 aromatic carbocycles. The summed E-state index contributed by atoms with van der Waals surface area (Å²) in [5.41, 5.74) is 0.534. The summed E-state index contributed by atoms with van der Waals surface area (Å²) in [6.45, 7) is 3.46. The molecule has 3 unspecified atom stereocenters. The monoisotopic (exact) mass is 255 g/mol. The van der Waals surface area contributed by atoms with Crippen LogP contribution in [0.3, 0.4) is 0 Å². The van der Waals surface area contributed by atoms with Gasteiger partial charge in [-0.3, -0.25) is 4.90 Å². The van der Waals surface area contributed by atoms with E-state index in [0.717, 1.165) is 0 Å². The first-order valence-corrected chi connectivity index (χ1v) is 6.37. The van der Waals surface area contributed by atoms with Crippen molar-refractivity contribution in [2.75, 3.05) is 7.05 Å². The maximum Gasteiger partial charge on any atom is 0.333 e. The number of likely N-dealkylation sites (N-methyl/N-ethyl adjacent to an activating group) is 1. The van der Waals surface area contributed by atoms with E-state index in [4.69, 9.17) is 4.74 Å². The molecule has 0 aromatic heterocycles. The Bertz CT molecular complexity index is 368. The Kier molecular flexibility index (Phi) is 3.75. The zero-order chi connectivity index (χ0) is 13.4. The van der Waals surface area contributed by atoms with E-state index < -0.39 is 24.3 Å². The van der Waals surface area contributed by atoms with Gasteiger partial charge in [0.15, 0.2) is 0 Å². The van der Waals surface area contributed by atoms with Crippen LogP contribution in [0.25, 0.3) is 0 Å². The van der Waals surface area contributed by atoms with Crippen LogP contribution in [-0.2, 0) is 9.53 Å². The fraction of sp³-hybridized carbons (Fsp3) is 0.769. The predicted molar refractivity (Wildman–Crippen MR) is 65.9 cm³/mol. The maximum atomic E-state index is 11.8. The summed E-state index contributed by atoms with van der Waals surface area (Å²) in [7, 11) is 1.90. The van der Waals surface area contributed by atoms with Gasteiger partial charge in [0.05, 0.1) is 12.1 Å². The number of allylic oxidation sites excluding steroid dienone is 1. The molecule has 0 saturated carbocycles. The molecule has 2 rings (SSSR count). The van der Waals surface area contributed by atoms with Gasteiger partial charge in [-0.15, -0.1) is 0 Å². The quantitative estimate of drug-likeness (QED) is 0.539. The van der Waals surface area contributed by atoms with Gasteiger partial charge in [0, 0.05) is 11.6 Å². The summed E-state index contributed by atoms with van der Waals surface area (Å²) >= 11 is 0. The fourth-order valence-electron chi connectivity index (χ4n) is 2.91. The molecule has 5 heteroatoms. The van der Waals surface area contributed by atoms with Crippen LogP contribution < -0.4 is 0 Å². The fourth-order valence-corrected chi connectivity index (χ4v) is 2.91. The molecule has 5 atom stereocenters. The first-order valence-electron chi connectivity index (χ1n) is 6.37. The van der Waals surface area contributed by atoms with Crippen LogP contribution in [-0.4, -0.2) is 58.5 Å². The van der Waals surface area contributed by atoms with E-state index in [0.29, 0.717) is 18.4 Å². The second-order valence-electron chi connectivity index (χ2n) is 5.26. The van der Waals surface area contributed by atoms with Gasteiger partial charge in [-0.1, -0.05) is 6.08 Å². The van der Waals surface area contributed by atoms with Gasteiger partial charge in [-0.25, -0.2) is 4.79 Å². The lowest BCUT2D eigenvalue weighted by atomic mass is 10.0. The number of hydrogen-bond acceptors (Lipinski definition) is 5. The van der Waals surface area contributed by atoms with E-state index in [1.807, 2.05) is 11.9 Å². The Labute approximate surface area is 107 Å². The molecule has 102 valence electrons. The van der Waals surface area contributed by atoms with Crippen LogP contribution in [0, 0.1) is 0 Å². The number of hydrogen-bond donors (Lipinski definition) is 2. The normalized spacial score (nSPS) is 40.9. The van der Waals surface area contributed by atoms with Crippen LogP contribution >= 0.6 is 0 Å². The second kappa shape index (κ2) is 4.99. The molecule has 0 radical (unpaired) electrons. The molecule has 2 bridgehead atoms. The molecule has 0 spiro atoms. The zero-order valence-corrected chi connectivity index (χ0v) is 11.0. The zero-order valence-electron chi connectivity index (χ0n) is 11.0. The van der Waals surface area contributed by atoms with Crippen LogP contribution in [0.15, 0.2) is 11.6 Å². The largest absolute Gasteiger partial charge is 0.455 e. The number of rotatable bonds is 2. The molecule has 0 aliphatic carbocycles. The smallest absolute Gasteiger partial charge is 0.333 e. The predicted octanol–water partition coefficient (Wildman–Crippen LogP) is 0.0626. The van der Waals surface area contributed by atoms with Gasteiger partial charge < -0.3 is 14.9 Å². The van der Waals surface area contributed by atoms with E-state index in [-0.39, 0.29) is 12.1 Å². The summed E-state index contributed by atoms with van der Waals surface area (Å²) in [5.74, 6) is -0.392. The van der Waals surface area contributed by atoms with Crippen LogP contribution in [0.1, 0.15) is 26.7 Å². The molecule has 2 aliphatic rings. The van der Waals surface area contributed by atoms with E-state index in [1.165, 1.54) is 0 Å². The van der Waals surface area contributed by atoms with E-state index in [1.54, 1.807) is 19.9 Å². The summed E-state index contributed by atoms with van der Waals surface area (Å²) in [4.78, 5) is 13.8. The summed E-state index contributed by atoms with van der Waals surface area (Å²) in [5, 5.41) is 19.9. The second-order valence-corrected chi connectivity index (χ2v) is 5.26. The third kappa shape index (κ3) is 2.18. The van der Waals surface area contributed by atoms with E-state index >= 15 is 0 Å². The lowest BCUT2D eigenvalue weighted by Crippen LogP contribution is -2.45. The topological polar surface area (TPSA) is 70.0 Å². The van der Waals surface area contributed by atoms with Crippen molar-refractivity contribution in [2.45, 2.75) is 57.1 Å². The standard InChI is InChI=1S/C13H21NO4/c1-4-7(2)13(17)18-12-10-6-8(15)5-9(11(12)16)14(10)3/h4,8-12,15-16H,5-6H2,1-3H3/b7-4+/t8?,9-,10+,11?,12?/m0/s1. The number of fused-ring (bicyclic) bond motifs is 2. The highest BCUT2D eigenvalue weighted by Gasteiger charge is 2.52. The van der Waals surface area contributed by atoms with Crippen molar-refractivity contribution in [1.29, 1.82) is 0 Å². The molecule has 5 nitrogen and oxygen atoms in total. The number of aliphatic hydroxyl groups is 2. The summed E-state index contributed by atoms with van der Waals surface area (Å²) in [6.07, 6.45) is 1.08. The number of aliphatic hydroxyl groups excluding tert-OH is 2. The Balaban J connectivity index is 2.12. The van der Waals surface area contributed by atoms with Gasteiger partial charge in [0.2, 0.25) is 0 Å². The average Bonchev–Trinajstić information content (AvgIpc) is 2.49. The molecule has 18 heavy (non-hydrogen) atoms. The lowest BCUT2D eigenvalue weighted by Gasteiger charge is -2.34. The first-order chi connectivity index (χ1) is 8.45. The summed E-state index contributed by atoms with van der Waals surface area (Å²) < 4.78 is 5.40. The minimum Gasteiger partial charge on any atom is -0.455 e. The van der Waals surface area contributed by atoms with Crippen molar-refractivity contribution >= 4 is 5.97 Å². The molecule has 2 heterocycles. The first kappa shape index (κ1) is 13.5. The Morgan fingerprint density at radius 1 is 1.33 bits per heavy atom. The molecule has 2 N–H and O–H groups in total. The average molecular weight is 255 g/mol. The van der Waals surface area contributed by atoms with Crippen LogP contribution in [0.5, 0.6) is 0 Å². The minimum atomic E-state index is -0.717. The molecule has 0 amide bonds. The Morgan fingerprint density at radius 3 is 2.56 bits per heavy atom. The minimum absolute atomic E-state index is 0.0950. The third-order valence-corrected chi connectivity index (χ3v) is 4.18. The van der Waals surface area contributed by atoms with Gasteiger partial charge in [0.25, 0.3) is 0 Å². The Hall–Kier alpha value is -0.910. The number of piperidine rings is 1. The van der Waals surface area contributed by atoms with E-state index in [2.05, 4.69) is 0 Å². The van der Waals surface area contributed by atoms with Crippen molar-refractivity contribution in [3.05, 3.63) is 11.6 Å². The number of esters is 1. The SMILES string of the molecule is C/C=C(\C)C(=O)OC1C(O)[C@@H]2CC(O)C[C@H]1N2C. The molecule has 2 aliphatic heterocycles. The molecule has 2 fully saturated rings. The van der Waals surface area contributed by atoms with Gasteiger partial charge in [-0.05, 0) is 33.7 Å². The molecule has 2 saturated heterocycles.